The second-order valence-electron chi connectivity index (χ2n) is 6.33. The molecule has 1 saturated heterocycles. The molecular weight excluding hydrogens is 284 g/mol. The summed E-state index contributed by atoms with van der Waals surface area (Å²) in [6.45, 7) is 2.16. The fraction of sp³-hybridized carbons (Fsp3) is 0.733. The van der Waals surface area contributed by atoms with Crippen molar-refractivity contribution in [2.45, 2.75) is 57.4 Å². The maximum Gasteiger partial charge on any atom is 0.226 e. The van der Waals surface area contributed by atoms with E-state index in [0.717, 1.165) is 38.5 Å². The minimum Gasteiger partial charge on any atom is -0.355 e. The molecule has 1 aromatic rings. The SMILES string of the molecule is Cc1nc(C2(NC(=O)C3CNC(=O)C3)CCCCCC2)no1. The van der Waals surface area contributed by atoms with Gasteiger partial charge in [0.2, 0.25) is 17.7 Å². The molecule has 2 amide bonds. The molecule has 0 aromatic carbocycles. The van der Waals surface area contributed by atoms with Gasteiger partial charge in [-0.15, -0.1) is 0 Å². The van der Waals surface area contributed by atoms with Crippen LogP contribution in [0.15, 0.2) is 4.52 Å². The van der Waals surface area contributed by atoms with Crippen LogP contribution in [-0.2, 0) is 15.1 Å². The van der Waals surface area contributed by atoms with Crippen molar-refractivity contribution in [1.82, 2.24) is 20.8 Å². The predicted octanol–water partition coefficient (Wildman–Crippen LogP) is 1.18. The summed E-state index contributed by atoms with van der Waals surface area (Å²) in [6.07, 6.45) is 6.23. The van der Waals surface area contributed by atoms with Gasteiger partial charge in [0.25, 0.3) is 0 Å². The number of nitrogens with one attached hydrogen (secondary N) is 2. The summed E-state index contributed by atoms with van der Waals surface area (Å²) in [5.74, 6) is 0.608. The summed E-state index contributed by atoms with van der Waals surface area (Å²) >= 11 is 0. The first kappa shape index (κ1) is 15.0. The zero-order valence-electron chi connectivity index (χ0n) is 12.9. The van der Waals surface area contributed by atoms with Gasteiger partial charge in [-0.3, -0.25) is 9.59 Å². The maximum atomic E-state index is 12.6. The number of aromatic nitrogens is 2. The molecule has 120 valence electrons. The average Bonchev–Trinajstić information content (AvgIpc) is 3.04. The summed E-state index contributed by atoms with van der Waals surface area (Å²) in [5, 5.41) is 9.92. The van der Waals surface area contributed by atoms with E-state index in [4.69, 9.17) is 4.52 Å². The molecule has 2 heterocycles. The first-order valence-electron chi connectivity index (χ1n) is 7.99. The summed E-state index contributed by atoms with van der Waals surface area (Å²) in [6, 6.07) is 0. The number of hydrogen-bond donors (Lipinski definition) is 2. The van der Waals surface area contributed by atoms with E-state index in [2.05, 4.69) is 20.8 Å². The minimum absolute atomic E-state index is 0.0644. The van der Waals surface area contributed by atoms with E-state index in [1.807, 2.05) is 0 Å². The van der Waals surface area contributed by atoms with Gasteiger partial charge >= 0.3 is 0 Å². The number of nitrogens with zero attached hydrogens (tertiary/aromatic N) is 2. The molecule has 2 fully saturated rings. The molecular formula is C15H22N4O3. The molecule has 1 aliphatic carbocycles. The molecule has 0 radical (unpaired) electrons. The van der Waals surface area contributed by atoms with Gasteiger partial charge in [-0.2, -0.15) is 4.98 Å². The highest BCUT2D eigenvalue weighted by atomic mass is 16.5. The second kappa shape index (κ2) is 6.06. The van der Waals surface area contributed by atoms with Crippen LogP contribution in [0.1, 0.15) is 56.7 Å². The van der Waals surface area contributed by atoms with Crippen LogP contribution in [0.25, 0.3) is 0 Å². The van der Waals surface area contributed by atoms with Crippen molar-refractivity contribution in [3.8, 4) is 0 Å². The molecule has 1 atom stereocenters. The first-order valence-corrected chi connectivity index (χ1v) is 7.99. The average molecular weight is 306 g/mol. The molecule has 7 nitrogen and oxygen atoms in total. The Labute approximate surface area is 129 Å². The van der Waals surface area contributed by atoms with Crippen molar-refractivity contribution in [2.75, 3.05) is 6.54 Å². The molecule has 7 heteroatoms. The Morgan fingerprint density at radius 1 is 1.32 bits per heavy atom. The Kier molecular flexibility index (Phi) is 4.13. The molecule has 0 spiro atoms. The molecule has 2 aliphatic rings. The van der Waals surface area contributed by atoms with E-state index in [1.165, 1.54) is 0 Å². The molecule has 1 saturated carbocycles. The fourth-order valence-electron chi connectivity index (χ4n) is 3.36. The zero-order valence-corrected chi connectivity index (χ0v) is 12.9. The van der Waals surface area contributed by atoms with E-state index >= 15 is 0 Å². The largest absolute Gasteiger partial charge is 0.355 e. The van der Waals surface area contributed by atoms with Crippen LogP contribution in [0, 0.1) is 12.8 Å². The smallest absolute Gasteiger partial charge is 0.226 e. The Hall–Kier alpha value is -1.92. The number of hydrogen-bond acceptors (Lipinski definition) is 5. The van der Waals surface area contributed by atoms with Gasteiger partial charge in [0.1, 0.15) is 5.54 Å². The third-order valence-electron chi connectivity index (χ3n) is 4.62. The first-order chi connectivity index (χ1) is 10.6. The van der Waals surface area contributed by atoms with E-state index in [1.54, 1.807) is 6.92 Å². The molecule has 3 rings (SSSR count). The van der Waals surface area contributed by atoms with Crippen LogP contribution in [0.5, 0.6) is 0 Å². The summed E-state index contributed by atoms with van der Waals surface area (Å²) in [7, 11) is 0. The Morgan fingerprint density at radius 2 is 2.05 bits per heavy atom. The standard InChI is InChI=1S/C15H22N4O3/c1-10-17-14(19-22-10)15(6-4-2-3-5-7-15)18-13(21)11-8-12(20)16-9-11/h11H,2-9H2,1H3,(H,16,20)(H,18,21). The van der Waals surface area contributed by atoms with Crippen molar-refractivity contribution in [2.24, 2.45) is 5.92 Å². The van der Waals surface area contributed by atoms with E-state index in [9.17, 15) is 9.59 Å². The Morgan fingerprint density at radius 3 is 2.59 bits per heavy atom. The van der Waals surface area contributed by atoms with E-state index in [0.29, 0.717) is 18.3 Å². The molecule has 22 heavy (non-hydrogen) atoms. The van der Waals surface area contributed by atoms with Gasteiger partial charge in [0, 0.05) is 19.9 Å². The van der Waals surface area contributed by atoms with Crippen molar-refractivity contribution in [3.05, 3.63) is 11.7 Å². The van der Waals surface area contributed by atoms with Gasteiger partial charge in [0.15, 0.2) is 5.82 Å². The lowest BCUT2D eigenvalue weighted by Crippen LogP contribution is -2.49. The second-order valence-corrected chi connectivity index (χ2v) is 6.33. The highest BCUT2D eigenvalue weighted by molar-refractivity contribution is 5.89. The van der Waals surface area contributed by atoms with Crippen LogP contribution >= 0.6 is 0 Å². The third-order valence-corrected chi connectivity index (χ3v) is 4.62. The minimum atomic E-state index is -0.559. The lowest BCUT2D eigenvalue weighted by Gasteiger charge is -2.31. The molecule has 1 aromatic heterocycles. The molecule has 2 N–H and O–H groups in total. The summed E-state index contributed by atoms with van der Waals surface area (Å²) in [5.41, 5.74) is -0.559. The fourth-order valence-corrected chi connectivity index (χ4v) is 3.36. The van der Waals surface area contributed by atoms with Gasteiger partial charge in [-0.05, 0) is 12.8 Å². The highest BCUT2D eigenvalue weighted by Gasteiger charge is 2.41. The number of amides is 2. The van der Waals surface area contributed by atoms with Crippen molar-refractivity contribution in [3.63, 3.8) is 0 Å². The quantitative estimate of drug-likeness (QED) is 0.817. The van der Waals surface area contributed by atoms with Gasteiger partial charge in [-0.25, -0.2) is 0 Å². The Bertz CT molecular complexity index is 561. The number of rotatable bonds is 3. The summed E-state index contributed by atoms with van der Waals surface area (Å²) in [4.78, 5) is 28.3. The number of carbonyl (C=O) groups is 2. The van der Waals surface area contributed by atoms with Crippen LogP contribution in [0.4, 0.5) is 0 Å². The topological polar surface area (TPSA) is 97.1 Å². The number of carbonyl (C=O) groups excluding carboxylic acids is 2. The lowest BCUT2D eigenvalue weighted by atomic mass is 9.88. The number of aryl methyl sites for hydroxylation is 1. The van der Waals surface area contributed by atoms with Crippen LogP contribution in [0.2, 0.25) is 0 Å². The van der Waals surface area contributed by atoms with Gasteiger partial charge in [-0.1, -0.05) is 30.8 Å². The maximum absolute atomic E-state index is 12.6. The van der Waals surface area contributed by atoms with Crippen LogP contribution in [-0.4, -0.2) is 28.5 Å². The molecule has 1 aliphatic heterocycles. The van der Waals surface area contributed by atoms with Crippen LogP contribution in [0.3, 0.4) is 0 Å². The third kappa shape index (κ3) is 2.98. The van der Waals surface area contributed by atoms with E-state index in [-0.39, 0.29) is 24.2 Å². The summed E-state index contributed by atoms with van der Waals surface area (Å²) < 4.78 is 5.13. The lowest BCUT2D eigenvalue weighted by molar-refractivity contribution is -0.128. The normalized spacial score (nSPS) is 24.6. The predicted molar refractivity (Wildman–Crippen MR) is 77.7 cm³/mol. The molecule has 1 unspecified atom stereocenters. The molecule has 0 bridgehead atoms. The van der Waals surface area contributed by atoms with Crippen molar-refractivity contribution < 1.29 is 14.1 Å². The Balaban J connectivity index is 1.82. The van der Waals surface area contributed by atoms with Gasteiger partial charge in [0.05, 0.1) is 5.92 Å². The van der Waals surface area contributed by atoms with Crippen LogP contribution < -0.4 is 10.6 Å². The van der Waals surface area contributed by atoms with Gasteiger partial charge < -0.3 is 15.2 Å². The monoisotopic (exact) mass is 306 g/mol. The van der Waals surface area contributed by atoms with E-state index < -0.39 is 5.54 Å². The zero-order chi connectivity index (χ0) is 15.6. The van der Waals surface area contributed by atoms with Crippen molar-refractivity contribution in [1.29, 1.82) is 0 Å². The van der Waals surface area contributed by atoms with Crippen molar-refractivity contribution >= 4 is 11.8 Å². The highest BCUT2D eigenvalue weighted by Crippen LogP contribution is 2.35.